The van der Waals surface area contributed by atoms with Gasteiger partial charge >= 0.3 is 5.97 Å². The summed E-state index contributed by atoms with van der Waals surface area (Å²) < 4.78 is 18.8. The molecule has 0 radical (unpaired) electrons. The SMILES string of the molecule is CCOC(=O)C1(Nc2cc(C)cc(F)c2)CCCN(C)C1. The van der Waals surface area contributed by atoms with Crippen LogP contribution in [-0.2, 0) is 9.53 Å². The summed E-state index contributed by atoms with van der Waals surface area (Å²) in [7, 11) is 1.98. The van der Waals surface area contributed by atoms with Crippen LogP contribution in [0.4, 0.5) is 10.1 Å². The van der Waals surface area contributed by atoms with E-state index in [1.54, 1.807) is 6.92 Å². The van der Waals surface area contributed by atoms with Crippen molar-refractivity contribution in [2.45, 2.75) is 32.2 Å². The summed E-state index contributed by atoms with van der Waals surface area (Å²) in [6.45, 7) is 5.48. The molecular weight excluding hydrogens is 271 g/mol. The molecule has 1 aromatic carbocycles. The molecule has 0 bridgehead atoms. The summed E-state index contributed by atoms with van der Waals surface area (Å²) >= 11 is 0. The molecule has 1 aromatic rings. The van der Waals surface area contributed by atoms with Crippen LogP contribution in [0.2, 0.25) is 0 Å². The number of ether oxygens (including phenoxy) is 1. The van der Waals surface area contributed by atoms with Crippen molar-refractivity contribution in [3.63, 3.8) is 0 Å². The summed E-state index contributed by atoms with van der Waals surface area (Å²) in [6.07, 6.45) is 1.59. The second-order valence-electron chi connectivity index (χ2n) is 5.79. The summed E-state index contributed by atoms with van der Waals surface area (Å²) in [4.78, 5) is 14.5. The van der Waals surface area contributed by atoms with Crippen molar-refractivity contribution < 1.29 is 13.9 Å². The molecule has 1 unspecified atom stereocenters. The number of piperidine rings is 1. The van der Waals surface area contributed by atoms with Gasteiger partial charge in [-0.1, -0.05) is 0 Å². The largest absolute Gasteiger partial charge is 0.464 e. The number of benzene rings is 1. The Kier molecular flexibility index (Phi) is 4.83. The van der Waals surface area contributed by atoms with Gasteiger partial charge in [-0.25, -0.2) is 9.18 Å². The third kappa shape index (κ3) is 3.73. The Morgan fingerprint density at radius 1 is 1.48 bits per heavy atom. The van der Waals surface area contributed by atoms with E-state index in [9.17, 15) is 9.18 Å². The van der Waals surface area contributed by atoms with Crippen LogP contribution in [0, 0.1) is 12.7 Å². The number of aryl methyl sites for hydroxylation is 1. The topological polar surface area (TPSA) is 41.6 Å². The van der Waals surface area contributed by atoms with E-state index in [1.807, 2.05) is 20.0 Å². The van der Waals surface area contributed by atoms with Crippen molar-refractivity contribution in [1.82, 2.24) is 4.90 Å². The van der Waals surface area contributed by atoms with Crippen LogP contribution in [-0.4, -0.2) is 43.2 Å². The molecular formula is C16H23FN2O2. The fourth-order valence-electron chi connectivity index (χ4n) is 2.94. The van der Waals surface area contributed by atoms with Gasteiger partial charge in [-0.2, -0.15) is 0 Å². The molecule has 1 saturated heterocycles. The van der Waals surface area contributed by atoms with Crippen LogP contribution in [0.25, 0.3) is 0 Å². The third-order valence-electron chi connectivity index (χ3n) is 3.78. The van der Waals surface area contributed by atoms with Gasteiger partial charge in [0.25, 0.3) is 0 Å². The van der Waals surface area contributed by atoms with Crippen molar-refractivity contribution >= 4 is 11.7 Å². The number of carbonyl (C=O) groups excluding carboxylic acids is 1. The highest BCUT2D eigenvalue weighted by molar-refractivity contribution is 5.85. The monoisotopic (exact) mass is 294 g/mol. The number of anilines is 1. The number of likely N-dealkylation sites (N-methyl/N-ethyl adjacent to an activating group) is 1. The van der Waals surface area contributed by atoms with Gasteiger partial charge in [0.1, 0.15) is 11.4 Å². The van der Waals surface area contributed by atoms with Crippen molar-refractivity contribution in [1.29, 1.82) is 0 Å². The quantitative estimate of drug-likeness (QED) is 0.867. The molecule has 0 saturated carbocycles. The predicted molar refractivity (Wildman–Crippen MR) is 80.9 cm³/mol. The Labute approximate surface area is 125 Å². The molecule has 4 nitrogen and oxygen atoms in total. The lowest BCUT2D eigenvalue weighted by molar-refractivity contribution is -0.150. The molecule has 1 N–H and O–H groups in total. The first-order valence-corrected chi connectivity index (χ1v) is 7.36. The van der Waals surface area contributed by atoms with Gasteiger partial charge in [0, 0.05) is 12.2 Å². The Hall–Kier alpha value is -1.62. The van der Waals surface area contributed by atoms with E-state index in [0.717, 1.165) is 18.5 Å². The third-order valence-corrected chi connectivity index (χ3v) is 3.78. The van der Waals surface area contributed by atoms with Gasteiger partial charge in [0.2, 0.25) is 0 Å². The highest BCUT2D eigenvalue weighted by atomic mass is 19.1. The molecule has 0 spiro atoms. The number of likely N-dealkylation sites (tertiary alicyclic amines) is 1. The zero-order valence-corrected chi connectivity index (χ0v) is 12.9. The van der Waals surface area contributed by atoms with E-state index >= 15 is 0 Å². The zero-order chi connectivity index (χ0) is 15.5. The maximum Gasteiger partial charge on any atom is 0.333 e. The first kappa shape index (κ1) is 15.8. The molecule has 21 heavy (non-hydrogen) atoms. The van der Waals surface area contributed by atoms with Crippen LogP contribution in [0.15, 0.2) is 18.2 Å². The van der Waals surface area contributed by atoms with E-state index in [-0.39, 0.29) is 11.8 Å². The van der Waals surface area contributed by atoms with Crippen molar-refractivity contribution in [2.75, 3.05) is 32.1 Å². The van der Waals surface area contributed by atoms with Crippen molar-refractivity contribution in [3.05, 3.63) is 29.6 Å². The average Bonchev–Trinajstić information content (AvgIpc) is 2.37. The summed E-state index contributed by atoms with van der Waals surface area (Å²) in [5.41, 5.74) is 0.639. The smallest absolute Gasteiger partial charge is 0.333 e. The number of nitrogens with zero attached hydrogens (tertiary/aromatic N) is 1. The Morgan fingerprint density at radius 2 is 2.24 bits per heavy atom. The molecule has 116 valence electrons. The predicted octanol–water partition coefficient (Wildman–Crippen LogP) is 2.57. The van der Waals surface area contributed by atoms with Gasteiger partial charge in [0.15, 0.2) is 0 Å². The molecule has 5 heteroatoms. The highest BCUT2D eigenvalue weighted by Crippen LogP contribution is 2.28. The van der Waals surface area contributed by atoms with Gasteiger partial charge in [-0.15, -0.1) is 0 Å². The number of nitrogens with one attached hydrogen (secondary N) is 1. The summed E-state index contributed by atoms with van der Waals surface area (Å²) in [6, 6.07) is 4.73. The van der Waals surface area contributed by atoms with Gasteiger partial charge in [-0.05, 0) is 64.0 Å². The maximum atomic E-state index is 13.6. The van der Waals surface area contributed by atoms with Gasteiger partial charge in [-0.3, -0.25) is 0 Å². The number of esters is 1. The number of hydrogen-bond acceptors (Lipinski definition) is 4. The highest BCUT2D eigenvalue weighted by Gasteiger charge is 2.42. The molecule has 0 aromatic heterocycles. The molecule has 0 amide bonds. The first-order chi connectivity index (χ1) is 9.95. The molecule has 1 heterocycles. The zero-order valence-electron chi connectivity index (χ0n) is 12.9. The van der Waals surface area contributed by atoms with Crippen molar-refractivity contribution in [2.24, 2.45) is 0 Å². The number of carbonyl (C=O) groups is 1. The van der Waals surface area contributed by atoms with E-state index in [1.165, 1.54) is 12.1 Å². The van der Waals surface area contributed by atoms with E-state index in [2.05, 4.69) is 10.2 Å². The lowest BCUT2D eigenvalue weighted by Crippen LogP contribution is -2.57. The molecule has 1 fully saturated rings. The summed E-state index contributed by atoms with van der Waals surface area (Å²) in [5, 5.41) is 3.23. The fourth-order valence-corrected chi connectivity index (χ4v) is 2.94. The normalized spacial score (nSPS) is 22.9. The fraction of sp³-hybridized carbons (Fsp3) is 0.562. The second kappa shape index (κ2) is 6.43. The van der Waals surface area contributed by atoms with E-state index in [4.69, 9.17) is 4.74 Å². The molecule has 0 aliphatic carbocycles. The summed E-state index contributed by atoms with van der Waals surface area (Å²) in [5.74, 6) is -0.570. The molecule has 1 aliphatic rings. The molecule has 1 atom stereocenters. The van der Waals surface area contributed by atoms with Gasteiger partial charge < -0.3 is 15.0 Å². The van der Waals surface area contributed by atoms with Crippen LogP contribution < -0.4 is 5.32 Å². The number of rotatable bonds is 4. The maximum absolute atomic E-state index is 13.6. The molecule has 2 rings (SSSR count). The Morgan fingerprint density at radius 3 is 2.86 bits per heavy atom. The number of hydrogen-bond donors (Lipinski definition) is 1. The first-order valence-electron chi connectivity index (χ1n) is 7.36. The molecule has 1 aliphatic heterocycles. The van der Waals surface area contributed by atoms with Crippen LogP contribution in [0.1, 0.15) is 25.3 Å². The van der Waals surface area contributed by atoms with E-state index < -0.39 is 5.54 Å². The van der Waals surface area contributed by atoms with E-state index in [0.29, 0.717) is 25.3 Å². The standard InChI is InChI=1S/C16H23FN2O2/c1-4-21-15(20)16(6-5-7-19(3)11-16)18-14-9-12(2)8-13(17)10-14/h8-10,18H,4-7,11H2,1-3H3. The van der Waals surface area contributed by atoms with Crippen LogP contribution in [0.5, 0.6) is 0 Å². The van der Waals surface area contributed by atoms with Crippen molar-refractivity contribution in [3.8, 4) is 0 Å². The average molecular weight is 294 g/mol. The second-order valence-corrected chi connectivity index (χ2v) is 5.79. The number of halogens is 1. The van der Waals surface area contributed by atoms with Crippen LogP contribution in [0.3, 0.4) is 0 Å². The van der Waals surface area contributed by atoms with Gasteiger partial charge in [0.05, 0.1) is 6.61 Å². The Bertz CT molecular complexity index is 501. The minimum absolute atomic E-state index is 0.265. The minimum atomic E-state index is -0.802. The lowest BCUT2D eigenvalue weighted by Gasteiger charge is -2.40. The Balaban J connectivity index is 2.29. The van der Waals surface area contributed by atoms with Crippen LogP contribution >= 0.6 is 0 Å². The minimum Gasteiger partial charge on any atom is -0.464 e. The lowest BCUT2D eigenvalue weighted by atomic mass is 9.88.